The molecule has 0 amide bonds. The molecule has 96 valence electrons. The van der Waals surface area contributed by atoms with Gasteiger partial charge in [0, 0.05) is 18.6 Å². The van der Waals surface area contributed by atoms with Crippen molar-refractivity contribution < 1.29 is 9.15 Å². The van der Waals surface area contributed by atoms with Crippen molar-refractivity contribution in [3.63, 3.8) is 0 Å². The number of rotatable bonds is 4. The molecule has 1 aliphatic carbocycles. The molecule has 6 heteroatoms. The van der Waals surface area contributed by atoms with E-state index in [0.717, 1.165) is 6.42 Å². The van der Waals surface area contributed by atoms with E-state index in [9.17, 15) is 0 Å². The molecule has 1 aromatic heterocycles. The topological polar surface area (TPSA) is 86.2 Å². The second kappa shape index (κ2) is 4.27. The monoisotopic (exact) mass is 240 g/mol. The molecule has 0 aliphatic heterocycles. The Morgan fingerprint density at radius 1 is 1.53 bits per heavy atom. The summed E-state index contributed by atoms with van der Waals surface area (Å²) in [5.41, 5.74) is 5.72. The third kappa shape index (κ3) is 2.14. The Bertz CT molecular complexity index is 389. The van der Waals surface area contributed by atoms with Gasteiger partial charge in [0.2, 0.25) is 5.89 Å². The van der Waals surface area contributed by atoms with Gasteiger partial charge in [-0.1, -0.05) is 18.9 Å². The van der Waals surface area contributed by atoms with Crippen LogP contribution in [0, 0.1) is 5.41 Å². The summed E-state index contributed by atoms with van der Waals surface area (Å²) in [6, 6.07) is 0.484. The molecule has 6 nitrogen and oxygen atoms in total. The molecule has 0 bridgehead atoms. The zero-order valence-corrected chi connectivity index (χ0v) is 10.7. The fraction of sp³-hybridized carbons (Fsp3) is 0.818. The van der Waals surface area contributed by atoms with Gasteiger partial charge in [-0.25, -0.2) is 0 Å². The predicted molar refractivity (Wildman–Crippen MR) is 63.5 cm³/mol. The van der Waals surface area contributed by atoms with E-state index < -0.39 is 0 Å². The summed E-state index contributed by atoms with van der Waals surface area (Å²) in [4.78, 5) is 0. The number of nitrogens with two attached hydrogens (primary N) is 1. The number of methoxy groups -OCH3 is 1. The van der Waals surface area contributed by atoms with Gasteiger partial charge in [0.1, 0.15) is 0 Å². The van der Waals surface area contributed by atoms with Crippen LogP contribution in [-0.4, -0.2) is 29.5 Å². The molecular formula is C11H20N4O2. The van der Waals surface area contributed by atoms with Gasteiger partial charge in [0.15, 0.2) is 0 Å². The van der Waals surface area contributed by atoms with Crippen LogP contribution in [0.5, 0.6) is 0 Å². The second-order valence-electron chi connectivity index (χ2n) is 5.21. The van der Waals surface area contributed by atoms with Gasteiger partial charge in [0.05, 0.1) is 12.1 Å². The van der Waals surface area contributed by atoms with Crippen LogP contribution >= 0.6 is 0 Å². The van der Waals surface area contributed by atoms with Crippen molar-refractivity contribution >= 4 is 6.01 Å². The van der Waals surface area contributed by atoms with Gasteiger partial charge >= 0.3 is 6.01 Å². The average molecular weight is 240 g/mol. The van der Waals surface area contributed by atoms with E-state index in [1.807, 2.05) is 6.92 Å². The molecule has 17 heavy (non-hydrogen) atoms. The molecule has 1 aromatic rings. The highest BCUT2D eigenvalue weighted by molar-refractivity contribution is 5.25. The summed E-state index contributed by atoms with van der Waals surface area (Å²) in [5, 5.41) is 11.0. The highest BCUT2D eigenvalue weighted by Gasteiger charge is 2.49. The SMILES string of the molecule is COC1CC(Nc2nnc(C(C)N)o2)C1(C)C. The molecule has 1 heterocycles. The van der Waals surface area contributed by atoms with E-state index in [4.69, 9.17) is 14.9 Å². The molecule has 0 radical (unpaired) electrons. The van der Waals surface area contributed by atoms with Crippen LogP contribution < -0.4 is 11.1 Å². The van der Waals surface area contributed by atoms with Crippen molar-refractivity contribution in [2.24, 2.45) is 11.1 Å². The number of ether oxygens (including phenoxy) is 1. The minimum Gasteiger partial charge on any atom is -0.406 e. The molecule has 1 fully saturated rings. The van der Waals surface area contributed by atoms with Gasteiger partial charge < -0.3 is 20.2 Å². The first-order chi connectivity index (χ1) is 7.95. The lowest BCUT2D eigenvalue weighted by molar-refractivity contribution is -0.0800. The third-order valence-electron chi connectivity index (χ3n) is 3.59. The highest BCUT2D eigenvalue weighted by atomic mass is 16.5. The Morgan fingerprint density at radius 3 is 2.71 bits per heavy atom. The Balaban J connectivity index is 1.98. The second-order valence-corrected chi connectivity index (χ2v) is 5.21. The number of nitrogens with one attached hydrogen (secondary N) is 1. The maximum absolute atomic E-state index is 5.66. The lowest BCUT2D eigenvalue weighted by Crippen LogP contribution is -2.57. The molecule has 1 aliphatic rings. The minimum atomic E-state index is -0.237. The summed E-state index contributed by atoms with van der Waals surface area (Å²) >= 11 is 0. The Morgan fingerprint density at radius 2 is 2.24 bits per heavy atom. The zero-order chi connectivity index (χ0) is 12.6. The minimum absolute atomic E-state index is 0.0672. The highest BCUT2D eigenvalue weighted by Crippen LogP contribution is 2.43. The number of nitrogens with zero attached hydrogens (tertiary/aromatic N) is 2. The van der Waals surface area contributed by atoms with Crippen LogP contribution in [0.1, 0.15) is 39.1 Å². The van der Waals surface area contributed by atoms with Crippen LogP contribution in [0.25, 0.3) is 0 Å². The van der Waals surface area contributed by atoms with Crippen molar-refractivity contribution in [3.8, 4) is 0 Å². The van der Waals surface area contributed by atoms with Gasteiger partial charge in [-0.15, -0.1) is 5.10 Å². The third-order valence-corrected chi connectivity index (χ3v) is 3.59. The fourth-order valence-electron chi connectivity index (χ4n) is 2.16. The number of hydrogen-bond acceptors (Lipinski definition) is 6. The summed E-state index contributed by atoms with van der Waals surface area (Å²) in [6.45, 7) is 6.13. The Labute approximate surface area is 101 Å². The molecule has 3 unspecified atom stereocenters. The van der Waals surface area contributed by atoms with Crippen molar-refractivity contribution in [2.75, 3.05) is 12.4 Å². The van der Waals surface area contributed by atoms with Crippen molar-refractivity contribution in [2.45, 2.75) is 45.4 Å². The van der Waals surface area contributed by atoms with E-state index >= 15 is 0 Å². The molecule has 2 rings (SSSR count). The lowest BCUT2D eigenvalue weighted by atomic mass is 9.64. The summed E-state index contributed by atoms with van der Waals surface area (Å²) in [7, 11) is 1.74. The molecule has 1 saturated carbocycles. The van der Waals surface area contributed by atoms with Crippen molar-refractivity contribution in [3.05, 3.63) is 5.89 Å². The first-order valence-corrected chi connectivity index (χ1v) is 5.83. The van der Waals surface area contributed by atoms with E-state index in [1.54, 1.807) is 7.11 Å². The smallest absolute Gasteiger partial charge is 0.315 e. The zero-order valence-electron chi connectivity index (χ0n) is 10.7. The molecule has 0 aromatic carbocycles. The number of hydrogen-bond donors (Lipinski definition) is 2. The Kier molecular flexibility index (Phi) is 3.09. The van der Waals surface area contributed by atoms with E-state index in [2.05, 4.69) is 29.4 Å². The van der Waals surface area contributed by atoms with Crippen LogP contribution in [0.4, 0.5) is 6.01 Å². The van der Waals surface area contributed by atoms with Crippen LogP contribution in [-0.2, 0) is 4.74 Å². The maximum atomic E-state index is 5.66. The first-order valence-electron chi connectivity index (χ1n) is 5.83. The van der Waals surface area contributed by atoms with E-state index in [-0.39, 0.29) is 23.6 Å². The largest absolute Gasteiger partial charge is 0.406 e. The summed E-state index contributed by atoms with van der Waals surface area (Å²) in [5.74, 6) is 0.452. The molecule has 0 spiro atoms. The summed E-state index contributed by atoms with van der Waals surface area (Å²) < 4.78 is 10.8. The van der Waals surface area contributed by atoms with Gasteiger partial charge in [0.25, 0.3) is 0 Å². The van der Waals surface area contributed by atoms with Gasteiger partial charge in [-0.05, 0) is 13.3 Å². The van der Waals surface area contributed by atoms with Crippen molar-refractivity contribution in [1.29, 1.82) is 0 Å². The molecule has 3 N–H and O–H groups in total. The summed E-state index contributed by atoms with van der Waals surface area (Å²) in [6.07, 6.45) is 1.22. The van der Waals surface area contributed by atoms with E-state index in [0.29, 0.717) is 11.9 Å². The van der Waals surface area contributed by atoms with Crippen LogP contribution in [0.3, 0.4) is 0 Å². The molecule has 0 saturated heterocycles. The quantitative estimate of drug-likeness (QED) is 0.825. The number of aromatic nitrogens is 2. The molecular weight excluding hydrogens is 220 g/mol. The lowest BCUT2D eigenvalue weighted by Gasteiger charge is -2.50. The van der Waals surface area contributed by atoms with Gasteiger partial charge in [-0.2, -0.15) is 0 Å². The Hall–Kier alpha value is -1.14. The fourth-order valence-corrected chi connectivity index (χ4v) is 2.16. The van der Waals surface area contributed by atoms with Crippen LogP contribution in [0.2, 0.25) is 0 Å². The average Bonchev–Trinajstić information content (AvgIpc) is 2.72. The van der Waals surface area contributed by atoms with Gasteiger partial charge in [-0.3, -0.25) is 0 Å². The van der Waals surface area contributed by atoms with Crippen molar-refractivity contribution in [1.82, 2.24) is 10.2 Å². The predicted octanol–water partition coefficient (Wildman–Crippen LogP) is 1.31. The normalized spacial score (nSPS) is 28.5. The standard InChI is InChI=1S/C11H20N4O2/c1-6(12)9-14-15-10(17-9)13-7-5-8(16-4)11(7,2)3/h6-8H,5,12H2,1-4H3,(H,13,15). The maximum Gasteiger partial charge on any atom is 0.315 e. The van der Waals surface area contributed by atoms with Crippen LogP contribution in [0.15, 0.2) is 4.42 Å². The number of anilines is 1. The van der Waals surface area contributed by atoms with E-state index in [1.165, 1.54) is 0 Å². The molecule has 3 atom stereocenters. The first kappa shape index (κ1) is 12.3.